The lowest BCUT2D eigenvalue weighted by Crippen LogP contribution is -2.27. The van der Waals surface area contributed by atoms with E-state index in [9.17, 15) is 20.1 Å². The first-order valence-corrected chi connectivity index (χ1v) is 15.6. The van der Waals surface area contributed by atoms with Gasteiger partial charge in [-0.2, -0.15) is 6.20 Å². The van der Waals surface area contributed by atoms with Crippen LogP contribution in [0.4, 0.5) is 0 Å². The molecular formula is C37H37NO7. The third-order valence-electron chi connectivity index (χ3n) is 9.45. The molecule has 7 rings (SSSR count). The van der Waals surface area contributed by atoms with Crippen LogP contribution in [0.15, 0.2) is 66.9 Å². The van der Waals surface area contributed by atoms with Gasteiger partial charge < -0.3 is 34.5 Å². The predicted octanol–water partition coefficient (Wildman–Crippen LogP) is 6.65. The summed E-state index contributed by atoms with van der Waals surface area (Å²) in [4.78, 5) is 16.0. The van der Waals surface area contributed by atoms with Gasteiger partial charge in [-0.3, -0.25) is 4.79 Å². The fourth-order valence-electron chi connectivity index (χ4n) is 7.03. The Bertz CT molecular complexity index is 1890. The number of fused-ring (bicyclic) bond motifs is 4. The number of ketones is 1. The van der Waals surface area contributed by atoms with Crippen LogP contribution in [0.3, 0.4) is 0 Å². The number of benzene rings is 4. The number of carbonyl (C=O) groups excluding carboxylic acids is 1. The first-order chi connectivity index (χ1) is 21.8. The predicted molar refractivity (Wildman–Crippen MR) is 173 cm³/mol. The molecule has 0 bridgehead atoms. The molecule has 2 heterocycles. The van der Waals surface area contributed by atoms with Gasteiger partial charge in [0.15, 0.2) is 17.1 Å². The van der Waals surface area contributed by atoms with E-state index < -0.39 is 11.7 Å². The number of aromatic hydroxyl groups is 2. The molecule has 1 unspecified atom stereocenters. The maximum absolute atomic E-state index is 11.7. The lowest BCUT2D eigenvalue weighted by molar-refractivity contribution is 0.0253. The smallest absolute Gasteiger partial charge is 0.335 e. The minimum absolute atomic E-state index is 0.0553. The van der Waals surface area contributed by atoms with Gasteiger partial charge in [-0.05, 0) is 65.1 Å². The number of ether oxygens (including phenoxy) is 3. The Kier molecular flexibility index (Phi) is 7.53. The fourth-order valence-corrected chi connectivity index (χ4v) is 7.03. The zero-order chi connectivity index (χ0) is 31.1. The van der Waals surface area contributed by atoms with Gasteiger partial charge in [0, 0.05) is 12.0 Å². The summed E-state index contributed by atoms with van der Waals surface area (Å²) in [6, 6.07) is 19.0. The van der Waals surface area contributed by atoms with Gasteiger partial charge in [0.1, 0.15) is 24.0 Å². The van der Waals surface area contributed by atoms with Crippen molar-refractivity contribution < 1.29 is 34.3 Å². The minimum atomic E-state index is -0.774. The number of hydrogen-bond donors (Lipinski definition) is 3. The largest absolute Gasteiger partial charge is 0.664 e. The molecule has 1 aromatic heterocycles. The van der Waals surface area contributed by atoms with Crippen molar-refractivity contribution in [3.8, 4) is 28.7 Å². The van der Waals surface area contributed by atoms with Crippen molar-refractivity contribution in [1.29, 1.82) is 0 Å². The lowest BCUT2D eigenvalue weighted by Gasteiger charge is -2.29. The zero-order valence-electron chi connectivity index (χ0n) is 25.3. The molecule has 1 aliphatic carbocycles. The Hall–Kier alpha value is -4.69. The number of nitrogens with zero attached hydrogens (tertiary/aromatic N) is 1. The van der Waals surface area contributed by atoms with Crippen LogP contribution in [0.2, 0.25) is 0 Å². The molecular weight excluding hydrogens is 570 g/mol. The van der Waals surface area contributed by atoms with Crippen molar-refractivity contribution in [1.82, 2.24) is 4.98 Å². The highest BCUT2D eigenvalue weighted by molar-refractivity contribution is 6.07. The molecule has 1 atom stereocenters. The van der Waals surface area contributed by atoms with E-state index >= 15 is 0 Å². The van der Waals surface area contributed by atoms with Crippen LogP contribution in [-0.4, -0.2) is 45.2 Å². The van der Waals surface area contributed by atoms with E-state index in [1.165, 1.54) is 7.11 Å². The highest BCUT2D eigenvalue weighted by atomic mass is 16.5. The number of aryl methyl sites for hydroxylation is 1. The topological polar surface area (TPSA) is 124 Å². The molecule has 0 amide bonds. The molecule has 1 fully saturated rings. The van der Waals surface area contributed by atoms with E-state index in [1.807, 2.05) is 24.4 Å². The average molecular weight is 608 g/mol. The number of phenolic OH excluding ortho intramolecular Hbond substituents is 2. The summed E-state index contributed by atoms with van der Waals surface area (Å²) in [7, 11) is 1.46. The second-order valence-corrected chi connectivity index (χ2v) is 12.2. The van der Waals surface area contributed by atoms with Gasteiger partial charge in [-0.1, -0.05) is 61.4 Å². The summed E-state index contributed by atoms with van der Waals surface area (Å²) in [5, 5.41) is 35.8. The number of aromatic nitrogens is 1. The van der Waals surface area contributed by atoms with Crippen molar-refractivity contribution in [3.63, 3.8) is 0 Å². The van der Waals surface area contributed by atoms with Crippen LogP contribution in [0.25, 0.3) is 21.7 Å². The second kappa shape index (κ2) is 11.7. The molecule has 4 aromatic carbocycles. The van der Waals surface area contributed by atoms with Gasteiger partial charge in [-0.25, -0.2) is 0 Å². The van der Waals surface area contributed by atoms with E-state index in [2.05, 4.69) is 23.2 Å². The first-order valence-electron chi connectivity index (χ1n) is 15.6. The van der Waals surface area contributed by atoms with Crippen LogP contribution in [-0.2, 0) is 12.8 Å². The fraction of sp³-hybridized carbons (Fsp3) is 0.324. The van der Waals surface area contributed by atoms with Gasteiger partial charge >= 0.3 is 5.78 Å². The number of hydrogen-bond acceptors (Lipinski definition) is 6. The molecule has 45 heavy (non-hydrogen) atoms. The number of phenols is 2. The van der Waals surface area contributed by atoms with E-state index in [-0.39, 0.29) is 41.8 Å². The zero-order valence-corrected chi connectivity index (χ0v) is 25.3. The van der Waals surface area contributed by atoms with Gasteiger partial charge in [0.2, 0.25) is 5.75 Å². The Morgan fingerprint density at radius 2 is 1.73 bits per heavy atom. The molecule has 8 heteroatoms. The van der Waals surface area contributed by atoms with Gasteiger partial charge in [-0.15, -0.1) is 5.52 Å². The molecule has 4 N–H and O–H groups in total. The highest BCUT2D eigenvalue weighted by Crippen LogP contribution is 2.53. The van der Waals surface area contributed by atoms with Gasteiger partial charge in [0.05, 0.1) is 19.3 Å². The van der Waals surface area contributed by atoms with Crippen molar-refractivity contribution in [2.75, 3.05) is 13.7 Å². The Labute approximate surface area is 261 Å². The van der Waals surface area contributed by atoms with E-state index in [1.54, 1.807) is 24.3 Å². The molecule has 1 aliphatic heterocycles. The lowest BCUT2D eigenvalue weighted by atomic mass is 9.90. The molecule has 0 saturated heterocycles. The third kappa shape index (κ3) is 5.33. The Morgan fingerprint density at radius 1 is 0.933 bits per heavy atom. The summed E-state index contributed by atoms with van der Waals surface area (Å²) in [5.74, 6) is 0.756. The normalized spacial score (nSPS) is 17.4. The molecule has 2 aliphatic rings. The molecule has 0 radical (unpaired) electrons. The van der Waals surface area contributed by atoms with E-state index in [0.717, 1.165) is 58.5 Å². The van der Waals surface area contributed by atoms with Crippen molar-refractivity contribution in [2.24, 2.45) is 0 Å². The summed E-state index contributed by atoms with van der Waals surface area (Å²) in [5.41, 5.74) is 2.92. The minimum Gasteiger partial charge on any atom is -0.664 e. The highest BCUT2D eigenvalue weighted by Gasteiger charge is 2.41. The molecule has 8 nitrogen and oxygen atoms in total. The van der Waals surface area contributed by atoms with Crippen molar-refractivity contribution >= 4 is 27.5 Å². The molecule has 1 saturated carbocycles. The van der Waals surface area contributed by atoms with Crippen LogP contribution >= 0.6 is 0 Å². The van der Waals surface area contributed by atoms with Gasteiger partial charge in [0.25, 0.3) is 0 Å². The van der Waals surface area contributed by atoms with E-state index in [0.29, 0.717) is 36.1 Å². The standard InChI is InChI=1S/C37H36NO7/c1-43-36-33(41)28(12-9-22-5-4-6-26-25(22)13-14-29-27(26)15-19-38-29)34-32(35(36)44-20-18-37(42)16-2-3-17-37)30(40)21-31(45-34)23-7-10-24(39)11-8-23/h4-8,10-11,13-15,19,31,39,42H,2-3,9,12,16-18,20-21H2,1H3,(H,40,41)/q-1/p+1. The van der Waals surface area contributed by atoms with Crippen LogP contribution in [0.5, 0.6) is 28.7 Å². The number of rotatable bonds is 9. The molecule has 5 aromatic rings. The summed E-state index contributed by atoms with van der Waals surface area (Å²) in [6.07, 6.45) is 6.27. The Balaban J connectivity index is 1.28. The average Bonchev–Trinajstić information content (AvgIpc) is 3.70. The maximum atomic E-state index is 11.7. The summed E-state index contributed by atoms with van der Waals surface area (Å²) < 4.78 is 18.5. The van der Waals surface area contributed by atoms with Crippen LogP contribution in [0, 0.1) is 0 Å². The van der Waals surface area contributed by atoms with Crippen molar-refractivity contribution in [2.45, 2.75) is 63.1 Å². The molecule has 232 valence electrons. The maximum Gasteiger partial charge on any atom is 0.335 e. The van der Waals surface area contributed by atoms with Crippen molar-refractivity contribution in [3.05, 3.63) is 89.1 Å². The SMILES string of the molecule is COc1c(O)c(CCc2cccc3c2ccc2[n-]ccc23)c2c(c1OCCC1(O)CCCC1)C(=[OH+])CC(c1ccc(O)cc1)O2. The van der Waals surface area contributed by atoms with Crippen LogP contribution < -0.4 is 19.2 Å². The summed E-state index contributed by atoms with van der Waals surface area (Å²) in [6.45, 7) is 0.188. The molecule has 0 spiro atoms. The monoisotopic (exact) mass is 607 g/mol. The first kappa shape index (κ1) is 29.0. The number of aliphatic hydroxyl groups is 1. The second-order valence-electron chi connectivity index (χ2n) is 12.2. The number of methoxy groups -OCH3 is 1. The third-order valence-corrected chi connectivity index (χ3v) is 9.45. The summed E-state index contributed by atoms with van der Waals surface area (Å²) >= 11 is 0. The van der Waals surface area contributed by atoms with E-state index in [4.69, 9.17) is 14.2 Å². The van der Waals surface area contributed by atoms with Crippen LogP contribution in [0.1, 0.15) is 66.9 Å². The Morgan fingerprint density at radius 3 is 2.51 bits per heavy atom. The quantitative estimate of drug-likeness (QED) is 0.160.